The van der Waals surface area contributed by atoms with E-state index in [4.69, 9.17) is 16.6 Å². The molecule has 4 aromatic rings. The summed E-state index contributed by atoms with van der Waals surface area (Å²) in [6, 6.07) is 17.9. The quantitative estimate of drug-likeness (QED) is 0.281. The Morgan fingerprint density at radius 3 is 2.42 bits per heavy atom. The van der Waals surface area contributed by atoms with Crippen LogP contribution in [0.1, 0.15) is 42.1 Å². The summed E-state index contributed by atoms with van der Waals surface area (Å²) in [6.07, 6.45) is 4.28. The average molecular weight is 532 g/mol. The first-order chi connectivity index (χ1) is 18.4. The van der Waals surface area contributed by atoms with Gasteiger partial charge in [-0.05, 0) is 72.2 Å². The lowest BCUT2D eigenvalue weighted by molar-refractivity contribution is 0.0792. The van der Waals surface area contributed by atoms with Gasteiger partial charge < -0.3 is 10.4 Å². The molecule has 0 saturated carbocycles. The number of anilines is 1. The zero-order chi connectivity index (χ0) is 26.6. The SMILES string of the molecule is CCc1nc2c(C)cc(-c3ccc(CN4CCC(O)CC4)cc3)cn2c1NC(=O)NCc1ccc(Cl)cc1. The fourth-order valence-corrected chi connectivity index (χ4v) is 5.09. The summed E-state index contributed by atoms with van der Waals surface area (Å²) in [5, 5.41) is 16.4. The molecule has 3 heterocycles. The second-order valence-corrected chi connectivity index (χ2v) is 10.4. The summed E-state index contributed by atoms with van der Waals surface area (Å²) < 4.78 is 1.98. The second kappa shape index (κ2) is 11.6. The normalized spacial score (nSPS) is 14.6. The highest BCUT2D eigenvalue weighted by Gasteiger charge is 2.18. The van der Waals surface area contributed by atoms with E-state index < -0.39 is 0 Å². The number of amides is 2. The van der Waals surface area contributed by atoms with Crippen LogP contribution < -0.4 is 10.6 Å². The lowest BCUT2D eigenvalue weighted by Gasteiger charge is -2.29. The molecule has 2 aromatic carbocycles. The molecule has 0 aliphatic carbocycles. The number of urea groups is 1. The monoisotopic (exact) mass is 531 g/mol. The first-order valence-corrected chi connectivity index (χ1v) is 13.6. The Morgan fingerprint density at radius 2 is 1.74 bits per heavy atom. The van der Waals surface area contributed by atoms with Crippen molar-refractivity contribution in [3.05, 3.63) is 88.2 Å². The average Bonchev–Trinajstić information content (AvgIpc) is 3.28. The van der Waals surface area contributed by atoms with Gasteiger partial charge in [0.25, 0.3) is 0 Å². The number of fused-ring (bicyclic) bond motifs is 1. The summed E-state index contributed by atoms with van der Waals surface area (Å²) in [5.41, 5.74) is 7.13. The first-order valence-electron chi connectivity index (χ1n) is 13.2. The molecule has 0 bridgehead atoms. The van der Waals surface area contributed by atoms with Crippen molar-refractivity contribution in [2.75, 3.05) is 18.4 Å². The number of carbonyl (C=O) groups excluding carboxylic acids is 1. The van der Waals surface area contributed by atoms with Crippen molar-refractivity contribution in [3.8, 4) is 11.1 Å². The Labute approximate surface area is 228 Å². The van der Waals surface area contributed by atoms with Crippen molar-refractivity contribution in [3.63, 3.8) is 0 Å². The number of piperidine rings is 1. The van der Waals surface area contributed by atoms with Crippen LogP contribution in [0.3, 0.4) is 0 Å². The van der Waals surface area contributed by atoms with E-state index in [9.17, 15) is 9.90 Å². The van der Waals surface area contributed by atoms with E-state index in [1.165, 1.54) is 5.56 Å². The van der Waals surface area contributed by atoms with E-state index in [2.05, 4.69) is 52.8 Å². The largest absolute Gasteiger partial charge is 0.393 e. The molecule has 1 saturated heterocycles. The smallest absolute Gasteiger partial charge is 0.320 e. The summed E-state index contributed by atoms with van der Waals surface area (Å²) in [6.45, 7) is 7.25. The Hall–Kier alpha value is -3.39. The van der Waals surface area contributed by atoms with Crippen molar-refractivity contribution in [2.45, 2.75) is 52.3 Å². The van der Waals surface area contributed by atoms with Crippen LogP contribution in [0.2, 0.25) is 5.02 Å². The third-order valence-corrected chi connectivity index (χ3v) is 7.41. The third-order valence-electron chi connectivity index (χ3n) is 7.16. The van der Waals surface area contributed by atoms with Gasteiger partial charge in [-0.1, -0.05) is 54.9 Å². The zero-order valence-corrected chi connectivity index (χ0v) is 22.6. The molecule has 2 amide bonds. The number of rotatable bonds is 7. The summed E-state index contributed by atoms with van der Waals surface area (Å²) in [4.78, 5) is 20.0. The molecule has 38 heavy (non-hydrogen) atoms. The number of hydrogen-bond acceptors (Lipinski definition) is 4. The maximum absolute atomic E-state index is 12.8. The van der Waals surface area contributed by atoms with Crippen LogP contribution in [0, 0.1) is 6.92 Å². The zero-order valence-electron chi connectivity index (χ0n) is 21.9. The van der Waals surface area contributed by atoms with Gasteiger partial charge in [-0.25, -0.2) is 9.78 Å². The lowest BCUT2D eigenvalue weighted by atomic mass is 10.0. The topological polar surface area (TPSA) is 81.9 Å². The molecular formula is C30H34ClN5O2. The number of aromatic nitrogens is 2. The fraction of sp³-hybridized carbons (Fsp3) is 0.333. The molecule has 0 atom stereocenters. The number of hydrogen-bond donors (Lipinski definition) is 3. The molecule has 0 spiro atoms. The molecule has 3 N–H and O–H groups in total. The number of nitrogens with one attached hydrogen (secondary N) is 2. The molecule has 5 rings (SSSR count). The summed E-state index contributed by atoms with van der Waals surface area (Å²) in [7, 11) is 0. The number of halogens is 1. The van der Waals surface area contributed by atoms with Crippen molar-refractivity contribution in [2.24, 2.45) is 0 Å². The van der Waals surface area contributed by atoms with Gasteiger partial charge in [0.05, 0.1) is 11.8 Å². The minimum Gasteiger partial charge on any atom is -0.393 e. The van der Waals surface area contributed by atoms with Gasteiger partial charge in [0.1, 0.15) is 11.5 Å². The maximum Gasteiger partial charge on any atom is 0.320 e. The molecule has 1 fully saturated rings. The molecule has 0 radical (unpaired) electrons. The van der Waals surface area contributed by atoms with Crippen LogP contribution in [-0.2, 0) is 19.5 Å². The standard InChI is InChI=1S/C30H34ClN5O2/c1-3-27-29(34-30(38)32-17-21-6-10-25(31)11-7-21)36-19-24(16-20(2)28(36)33-27)23-8-4-22(5-9-23)18-35-14-12-26(37)13-15-35/h4-11,16,19,26,37H,3,12-15,17-18H2,1-2H3,(H2,32,34,38). The van der Waals surface area contributed by atoms with Gasteiger partial charge >= 0.3 is 6.03 Å². The second-order valence-electron chi connectivity index (χ2n) is 10.0. The van der Waals surface area contributed by atoms with Crippen LogP contribution >= 0.6 is 11.6 Å². The van der Waals surface area contributed by atoms with Gasteiger partial charge in [-0.15, -0.1) is 0 Å². The van der Waals surface area contributed by atoms with Crippen molar-refractivity contribution in [1.29, 1.82) is 0 Å². The van der Waals surface area contributed by atoms with Crippen molar-refractivity contribution < 1.29 is 9.90 Å². The van der Waals surface area contributed by atoms with E-state index in [1.807, 2.05) is 41.8 Å². The number of likely N-dealkylation sites (tertiary alicyclic amines) is 1. The molecule has 1 aliphatic rings. The van der Waals surface area contributed by atoms with Gasteiger partial charge in [0, 0.05) is 37.4 Å². The predicted octanol–water partition coefficient (Wildman–Crippen LogP) is 5.80. The Balaban J connectivity index is 1.34. The number of aliphatic hydroxyl groups excluding tert-OH is 1. The van der Waals surface area contributed by atoms with E-state index in [0.717, 1.165) is 66.1 Å². The van der Waals surface area contributed by atoms with E-state index >= 15 is 0 Å². The molecular weight excluding hydrogens is 498 g/mol. The number of pyridine rings is 1. The predicted molar refractivity (Wildman–Crippen MR) is 153 cm³/mol. The number of benzene rings is 2. The Morgan fingerprint density at radius 1 is 1.05 bits per heavy atom. The molecule has 7 nitrogen and oxygen atoms in total. The van der Waals surface area contributed by atoms with Crippen LogP contribution in [0.25, 0.3) is 16.8 Å². The van der Waals surface area contributed by atoms with Gasteiger partial charge in [0.2, 0.25) is 0 Å². The third kappa shape index (κ3) is 6.01. The van der Waals surface area contributed by atoms with Gasteiger partial charge in [-0.3, -0.25) is 14.6 Å². The van der Waals surface area contributed by atoms with E-state index in [0.29, 0.717) is 23.8 Å². The number of nitrogens with zero attached hydrogens (tertiary/aromatic N) is 3. The molecule has 8 heteroatoms. The highest BCUT2D eigenvalue weighted by Crippen LogP contribution is 2.28. The van der Waals surface area contributed by atoms with Crippen molar-refractivity contribution >= 4 is 29.1 Å². The van der Waals surface area contributed by atoms with Gasteiger partial charge in [0.15, 0.2) is 0 Å². The number of carbonyl (C=O) groups is 1. The lowest BCUT2D eigenvalue weighted by Crippen LogP contribution is -2.35. The molecule has 1 aliphatic heterocycles. The van der Waals surface area contributed by atoms with Crippen LogP contribution in [0.15, 0.2) is 60.8 Å². The van der Waals surface area contributed by atoms with Crippen LogP contribution in [0.4, 0.5) is 10.6 Å². The van der Waals surface area contributed by atoms with Crippen molar-refractivity contribution in [1.82, 2.24) is 19.6 Å². The maximum atomic E-state index is 12.8. The van der Waals surface area contributed by atoms with Crippen LogP contribution in [-0.4, -0.2) is 44.6 Å². The fourth-order valence-electron chi connectivity index (χ4n) is 4.97. The minimum atomic E-state index is -0.283. The first kappa shape index (κ1) is 26.2. The number of imidazole rings is 1. The number of aliphatic hydroxyl groups is 1. The Kier molecular flexibility index (Phi) is 7.98. The van der Waals surface area contributed by atoms with E-state index in [-0.39, 0.29) is 12.1 Å². The minimum absolute atomic E-state index is 0.155. The van der Waals surface area contributed by atoms with Gasteiger partial charge in [-0.2, -0.15) is 0 Å². The highest BCUT2D eigenvalue weighted by molar-refractivity contribution is 6.30. The highest BCUT2D eigenvalue weighted by atomic mass is 35.5. The summed E-state index contributed by atoms with van der Waals surface area (Å²) in [5.74, 6) is 0.685. The number of aryl methyl sites for hydroxylation is 2. The van der Waals surface area contributed by atoms with Crippen LogP contribution in [0.5, 0.6) is 0 Å². The molecule has 198 valence electrons. The van der Waals surface area contributed by atoms with E-state index in [1.54, 1.807) is 0 Å². The molecule has 2 aromatic heterocycles. The Bertz CT molecular complexity index is 1410. The molecule has 0 unspecified atom stereocenters. The summed E-state index contributed by atoms with van der Waals surface area (Å²) >= 11 is 5.96.